The number of hydrogen-bond acceptors (Lipinski definition) is 5. The van der Waals surface area contributed by atoms with Crippen LogP contribution in [0.3, 0.4) is 0 Å². The van der Waals surface area contributed by atoms with E-state index in [1.54, 1.807) is 17.0 Å². The molecule has 8 nitrogen and oxygen atoms in total. The van der Waals surface area contributed by atoms with Crippen molar-refractivity contribution in [3.63, 3.8) is 0 Å². The van der Waals surface area contributed by atoms with Gasteiger partial charge in [-0.1, -0.05) is 23.7 Å². The number of amides is 1. The third-order valence-corrected chi connectivity index (χ3v) is 5.24. The Bertz CT molecular complexity index is 1090. The number of benzene rings is 2. The maximum atomic E-state index is 12.5. The van der Waals surface area contributed by atoms with Gasteiger partial charge in [0.05, 0.1) is 0 Å². The van der Waals surface area contributed by atoms with Crippen LogP contribution in [0, 0.1) is 0 Å². The molecule has 2 heterocycles. The summed E-state index contributed by atoms with van der Waals surface area (Å²) in [4.78, 5) is 25.2. The van der Waals surface area contributed by atoms with Gasteiger partial charge in [0, 0.05) is 42.1 Å². The highest BCUT2D eigenvalue weighted by molar-refractivity contribution is 6.30. The number of piperidine rings is 1. The molecule has 160 valence electrons. The summed E-state index contributed by atoms with van der Waals surface area (Å²) in [6.45, 7) is 1.11. The Hall–Kier alpha value is -3.52. The summed E-state index contributed by atoms with van der Waals surface area (Å²) in [5.74, 6) is 0.213. The molecule has 0 unspecified atom stereocenters. The SMILES string of the molecule is O=C(O)c1ccn(C(=O)N2CCC(Nc3cccc(Oc4cccc(Cl)c4)c3)CC2)n1. The number of hydrogen-bond donors (Lipinski definition) is 2. The van der Waals surface area contributed by atoms with Crippen LogP contribution >= 0.6 is 11.6 Å². The van der Waals surface area contributed by atoms with Crippen LogP contribution in [0.2, 0.25) is 5.02 Å². The van der Waals surface area contributed by atoms with Crippen molar-refractivity contribution < 1.29 is 19.4 Å². The van der Waals surface area contributed by atoms with Gasteiger partial charge in [0.2, 0.25) is 0 Å². The summed E-state index contributed by atoms with van der Waals surface area (Å²) in [5.41, 5.74) is 0.784. The van der Waals surface area contributed by atoms with Gasteiger partial charge in [-0.25, -0.2) is 9.59 Å². The number of carbonyl (C=O) groups is 2. The van der Waals surface area contributed by atoms with E-state index >= 15 is 0 Å². The highest BCUT2D eigenvalue weighted by Gasteiger charge is 2.24. The van der Waals surface area contributed by atoms with Crippen molar-refractivity contribution in [3.05, 3.63) is 71.5 Å². The zero-order valence-corrected chi connectivity index (χ0v) is 17.3. The van der Waals surface area contributed by atoms with Gasteiger partial charge < -0.3 is 20.1 Å². The van der Waals surface area contributed by atoms with Gasteiger partial charge in [-0.05, 0) is 49.2 Å². The van der Waals surface area contributed by atoms with E-state index in [0.717, 1.165) is 23.2 Å². The Balaban J connectivity index is 1.32. The van der Waals surface area contributed by atoms with E-state index < -0.39 is 5.97 Å². The van der Waals surface area contributed by atoms with E-state index in [-0.39, 0.29) is 17.8 Å². The minimum absolute atomic E-state index is 0.148. The van der Waals surface area contributed by atoms with Crippen LogP contribution in [0.25, 0.3) is 0 Å². The maximum Gasteiger partial charge on any atom is 0.356 e. The summed E-state index contributed by atoms with van der Waals surface area (Å²) in [5, 5.41) is 16.9. The Morgan fingerprint density at radius 2 is 1.77 bits per heavy atom. The number of anilines is 1. The largest absolute Gasteiger partial charge is 0.476 e. The van der Waals surface area contributed by atoms with Crippen molar-refractivity contribution in [2.45, 2.75) is 18.9 Å². The number of halogens is 1. The standard InChI is InChI=1S/C22H21ClN4O4/c23-15-3-1-5-18(13-15)31-19-6-2-4-17(14-19)24-16-7-10-26(11-8-16)22(30)27-12-9-20(25-27)21(28)29/h1-6,9,12-14,16,24H,7-8,10-11H2,(H,28,29). The van der Waals surface area contributed by atoms with Gasteiger partial charge in [0.1, 0.15) is 11.5 Å². The van der Waals surface area contributed by atoms with E-state index in [0.29, 0.717) is 29.6 Å². The number of carboxylic acids is 1. The van der Waals surface area contributed by atoms with Crippen LogP contribution in [0.15, 0.2) is 60.8 Å². The average Bonchev–Trinajstić information content (AvgIpc) is 3.25. The fraction of sp³-hybridized carbons (Fsp3) is 0.227. The first-order chi connectivity index (χ1) is 15.0. The van der Waals surface area contributed by atoms with E-state index in [1.165, 1.54) is 12.3 Å². The van der Waals surface area contributed by atoms with Gasteiger partial charge in [0.25, 0.3) is 0 Å². The molecule has 0 saturated carbocycles. The van der Waals surface area contributed by atoms with Crippen molar-refractivity contribution in [3.8, 4) is 11.5 Å². The van der Waals surface area contributed by atoms with E-state index in [4.69, 9.17) is 21.4 Å². The number of aromatic nitrogens is 2. The number of carbonyl (C=O) groups excluding carboxylic acids is 1. The summed E-state index contributed by atoms with van der Waals surface area (Å²) < 4.78 is 6.95. The summed E-state index contributed by atoms with van der Waals surface area (Å²) in [7, 11) is 0. The minimum atomic E-state index is -1.16. The number of likely N-dealkylation sites (tertiary alicyclic amines) is 1. The molecule has 2 aromatic carbocycles. The molecule has 4 rings (SSSR count). The van der Waals surface area contributed by atoms with Crippen molar-refractivity contribution in [2.75, 3.05) is 18.4 Å². The lowest BCUT2D eigenvalue weighted by Gasteiger charge is -2.32. The van der Waals surface area contributed by atoms with Gasteiger partial charge in [-0.3, -0.25) is 0 Å². The summed E-state index contributed by atoms with van der Waals surface area (Å²) in [6.07, 6.45) is 2.90. The van der Waals surface area contributed by atoms with E-state index in [1.807, 2.05) is 36.4 Å². The first-order valence-corrected chi connectivity index (χ1v) is 10.2. The monoisotopic (exact) mass is 440 g/mol. The molecule has 0 atom stereocenters. The molecule has 0 radical (unpaired) electrons. The lowest BCUT2D eigenvalue weighted by molar-refractivity contribution is 0.0690. The molecule has 0 bridgehead atoms. The topological polar surface area (TPSA) is 96.7 Å². The fourth-order valence-corrected chi connectivity index (χ4v) is 3.64. The van der Waals surface area contributed by atoms with Crippen molar-refractivity contribution in [1.82, 2.24) is 14.7 Å². The number of nitrogens with zero attached hydrogens (tertiary/aromatic N) is 3. The van der Waals surface area contributed by atoms with Gasteiger partial charge >= 0.3 is 12.0 Å². The molecular weight excluding hydrogens is 420 g/mol. The summed E-state index contributed by atoms with van der Waals surface area (Å²) >= 11 is 6.01. The van der Waals surface area contributed by atoms with E-state index in [2.05, 4.69) is 10.4 Å². The number of ether oxygens (including phenoxy) is 1. The highest BCUT2D eigenvalue weighted by atomic mass is 35.5. The Morgan fingerprint density at radius 1 is 1.06 bits per heavy atom. The maximum absolute atomic E-state index is 12.5. The van der Waals surface area contributed by atoms with Gasteiger partial charge in [-0.2, -0.15) is 9.78 Å². The first kappa shape index (κ1) is 20.7. The molecule has 1 saturated heterocycles. The quantitative estimate of drug-likeness (QED) is 0.603. The third-order valence-electron chi connectivity index (χ3n) is 5.01. The lowest BCUT2D eigenvalue weighted by Crippen LogP contribution is -2.44. The second kappa shape index (κ2) is 9.09. The molecule has 1 aromatic heterocycles. The number of carboxylic acid groups (broad SMARTS) is 1. The molecule has 9 heteroatoms. The van der Waals surface area contributed by atoms with Gasteiger partial charge in [0.15, 0.2) is 5.69 Å². The zero-order valence-electron chi connectivity index (χ0n) is 16.6. The molecular formula is C22H21ClN4O4. The van der Waals surface area contributed by atoms with Crippen LogP contribution in [-0.2, 0) is 0 Å². The number of nitrogens with one attached hydrogen (secondary N) is 1. The molecule has 1 aliphatic rings. The normalized spacial score (nSPS) is 14.3. The minimum Gasteiger partial charge on any atom is -0.476 e. The van der Waals surface area contributed by atoms with Gasteiger partial charge in [-0.15, -0.1) is 0 Å². The highest BCUT2D eigenvalue weighted by Crippen LogP contribution is 2.27. The van der Waals surface area contributed by atoms with Crippen molar-refractivity contribution in [2.24, 2.45) is 0 Å². The average molecular weight is 441 g/mol. The summed E-state index contributed by atoms with van der Waals surface area (Å²) in [6, 6.07) is 16.1. The Labute approximate surface area is 184 Å². The van der Waals surface area contributed by atoms with Crippen molar-refractivity contribution >= 4 is 29.3 Å². The zero-order chi connectivity index (χ0) is 21.8. The molecule has 0 spiro atoms. The van der Waals surface area contributed by atoms with Crippen LogP contribution in [0.1, 0.15) is 23.3 Å². The third kappa shape index (κ3) is 5.16. The first-order valence-electron chi connectivity index (χ1n) is 9.86. The second-order valence-corrected chi connectivity index (χ2v) is 7.66. The molecule has 3 aromatic rings. The molecule has 1 amide bonds. The number of rotatable bonds is 5. The Morgan fingerprint density at radius 3 is 2.45 bits per heavy atom. The molecule has 0 aliphatic carbocycles. The smallest absolute Gasteiger partial charge is 0.356 e. The molecule has 1 aliphatic heterocycles. The Kier molecular flexibility index (Phi) is 6.08. The van der Waals surface area contributed by atoms with Crippen LogP contribution in [0.4, 0.5) is 10.5 Å². The number of aromatic carboxylic acids is 1. The predicted octanol–water partition coefficient (Wildman–Crippen LogP) is 4.57. The fourth-order valence-electron chi connectivity index (χ4n) is 3.46. The van der Waals surface area contributed by atoms with Crippen LogP contribution in [0.5, 0.6) is 11.5 Å². The van der Waals surface area contributed by atoms with Crippen molar-refractivity contribution in [1.29, 1.82) is 0 Å². The van der Waals surface area contributed by atoms with E-state index in [9.17, 15) is 9.59 Å². The molecule has 2 N–H and O–H groups in total. The van der Waals surface area contributed by atoms with Crippen LogP contribution < -0.4 is 10.1 Å². The predicted molar refractivity (Wildman–Crippen MR) is 116 cm³/mol. The van der Waals surface area contributed by atoms with Crippen LogP contribution in [-0.4, -0.2) is 50.9 Å². The second-order valence-electron chi connectivity index (χ2n) is 7.23. The lowest BCUT2D eigenvalue weighted by atomic mass is 10.0. The molecule has 1 fully saturated rings. The molecule has 31 heavy (non-hydrogen) atoms.